The molecule has 13 heavy (non-hydrogen) atoms. The zero-order chi connectivity index (χ0) is 9.68. The third kappa shape index (κ3) is 2.99. The van der Waals surface area contributed by atoms with Crippen LogP contribution in [0.4, 0.5) is 0 Å². The Morgan fingerprint density at radius 3 is 2.62 bits per heavy atom. The first-order valence-corrected chi connectivity index (χ1v) is 4.53. The number of nitrogens with one attached hydrogen (secondary N) is 2. The molecule has 0 saturated heterocycles. The molecule has 3 nitrogen and oxygen atoms in total. The fraction of sp³-hybridized carbons (Fsp3) is 0.333. The standard InChI is InChI=1S/C9H13N3S/c1-7(12-9(13)10-2)8-3-5-11-6-4-8/h3-7H,1-2H3,(H2,10,12,13)/t7-/m0/s1. The van der Waals surface area contributed by atoms with Gasteiger partial charge in [0.15, 0.2) is 5.11 Å². The Bertz CT molecular complexity index is 273. The first-order chi connectivity index (χ1) is 6.24. The van der Waals surface area contributed by atoms with Crippen LogP contribution in [-0.2, 0) is 0 Å². The molecule has 0 spiro atoms. The molecule has 1 rings (SSSR count). The van der Waals surface area contributed by atoms with Gasteiger partial charge in [0.25, 0.3) is 0 Å². The SMILES string of the molecule is CNC(=S)N[C@@H](C)c1ccncc1. The van der Waals surface area contributed by atoms with Gasteiger partial charge in [-0.25, -0.2) is 0 Å². The molecule has 0 aliphatic rings. The third-order valence-corrected chi connectivity index (χ3v) is 2.10. The van der Waals surface area contributed by atoms with E-state index in [2.05, 4.69) is 22.5 Å². The lowest BCUT2D eigenvalue weighted by atomic mass is 10.1. The lowest BCUT2D eigenvalue weighted by Gasteiger charge is -2.15. The molecule has 0 amide bonds. The lowest BCUT2D eigenvalue weighted by Crippen LogP contribution is -2.34. The molecule has 1 atom stereocenters. The number of hydrogen-bond acceptors (Lipinski definition) is 2. The molecular weight excluding hydrogens is 182 g/mol. The van der Waals surface area contributed by atoms with Crippen molar-refractivity contribution in [2.45, 2.75) is 13.0 Å². The minimum absolute atomic E-state index is 0.211. The van der Waals surface area contributed by atoms with E-state index in [-0.39, 0.29) is 6.04 Å². The highest BCUT2D eigenvalue weighted by Gasteiger charge is 2.04. The van der Waals surface area contributed by atoms with Crippen LogP contribution < -0.4 is 10.6 Å². The normalized spacial score (nSPS) is 11.8. The molecule has 1 aromatic rings. The van der Waals surface area contributed by atoms with E-state index in [1.54, 1.807) is 19.4 Å². The third-order valence-electron chi connectivity index (χ3n) is 1.78. The molecule has 0 aromatic carbocycles. The maximum absolute atomic E-state index is 4.99. The van der Waals surface area contributed by atoms with Crippen LogP contribution in [0.15, 0.2) is 24.5 Å². The lowest BCUT2D eigenvalue weighted by molar-refractivity contribution is 0.708. The number of hydrogen-bond donors (Lipinski definition) is 2. The summed E-state index contributed by atoms with van der Waals surface area (Å²) in [4.78, 5) is 3.95. The van der Waals surface area contributed by atoms with E-state index >= 15 is 0 Å². The molecule has 2 N–H and O–H groups in total. The van der Waals surface area contributed by atoms with Gasteiger partial charge >= 0.3 is 0 Å². The topological polar surface area (TPSA) is 37.0 Å². The van der Waals surface area contributed by atoms with Crippen molar-refractivity contribution in [3.05, 3.63) is 30.1 Å². The average Bonchev–Trinajstić information content (AvgIpc) is 2.19. The highest BCUT2D eigenvalue weighted by Crippen LogP contribution is 2.09. The average molecular weight is 195 g/mol. The Kier molecular flexibility index (Phi) is 3.64. The molecule has 0 radical (unpaired) electrons. The molecule has 0 bridgehead atoms. The Morgan fingerprint density at radius 2 is 2.08 bits per heavy atom. The number of thiocarbonyl (C=S) groups is 1. The Hall–Kier alpha value is -1.16. The second-order valence-corrected chi connectivity index (χ2v) is 3.13. The summed E-state index contributed by atoms with van der Waals surface area (Å²) in [6.45, 7) is 2.05. The van der Waals surface area contributed by atoms with Crippen molar-refractivity contribution in [3.8, 4) is 0 Å². The van der Waals surface area contributed by atoms with Crippen molar-refractivity contribution in [2.75, 3.05) is 7.05 Å². The summed E-state index contributed by atoms with van der Waals surface area (Å²) in [5, 5.41) is 6.67. The summed E-state index contributed by atoms with van der Waals surface area (Å²) >= 11 is 4.99. The van der Waals surface area contributed by atoms with Crippen molar-refractivity contribution in [2.24, 2.45) is 0 Å². The number of rotatable bonds is 2. The van der Waals surface area contributed by atoms with Gasteiger partial charge in [-0.3, -0.25) is 4.98 Å². The molecule has 0 aliphatic carbocycles. The molecule has 0 fully saturated rings. The highest BCUT2D eigenvalue weighted by atomic mass is 32.1. The van der Waals surface area contributed by atoms with Crippen LogP contribution in [0.1, 0.15) is 18.5 Å². The second-order valence-electron chi connectivity index (χ2n) is 2.73. The zero-order valence-electron chi connectivity index (χ0n) is 7.74. The van der Waals surface area contributed by atoms with Gasteiger partial charge in [0.1, 0.15) is 0 Å². The van der Waals surface area contributed by atoms with Crippen LogP contribution in [0.25, 0.3) is 0 Å². The highest BCUT2D eigenvalue weighted by molar-refractivity contribution is 7.80. The van der Waals surface area contributed by atoms with Crippen molar-refractivity contribution < 1.29 is 0 Å². The van der Waals surface area contributed by atoms with Gasteiger partial charge in [0.2, 0.25) is 0 Å². The first kappa shape index (κ1) is 9.92. The van der Waals surface area contributed by atoms with Crippen LogP contribution in [0.3, 0.4) is 0 Å². The monoisotopic (exact) mass is 195 g/mol. The van der Waals surface area contributed by atoms with Gasteiger partial charge in [0.05, 0.1) is 6.04 Å². The molecule has 1 aromatic heterocycles. The van der Waals surface area contributed by atoms with E-state index in [9.17, 15) is 0 Å². The van der Waals surface area contributed by atoms with Crippen LogP contribution in [0.5, 0.6) is 0 Å². The minimum atomic E-state index is 0.211. The van der Waals surface area contributed by atoms with E-state index in [4.69, 9.17) is 12.2 Å². The predicted molar refractivity (Wildman–Crippen MR) is 57.4 cm³/mol. The Labute approximate surface area is 83.6 Å². The van der Waals surface area contributed by atoms with Gasteiger partial charge in [-0.2, -0.15) is 0 Å². The summed E-state index contributed by atoms with van der Waals surface area (Å²) in [5.41, 5.74) is 1.17. The summed E-state index contributed by atoms with van der Waals surface area (Å²) < 4.78 is 0. The van der Waals surface area contributed by atoms with E-state index in [1.807, 2.05) is 12.1 Å². The first-order valence-electron chi connectivity index (χ1n) is 4.12. The van der Waals surface area contributed by atoms with E-state index in [1.165, 1.54) is 5.56 Å². The Morgan fingerprint density at radius 1 is 1.46 bits per heavy atom. The number of aromatic nitrogens is 1. The molecular formula is C9H13N3S. The van der Waals surface area contributed by atoms with Crippen LogP contribution in [0, 0.1) is 0 Å². The molecule has 0 saturated carbocycles. The van der Waals surface area contributed by atoms with Crippen molar-refractivity contribution in [1.82, 2.24) is 15.6 Å². The predicted octanol–water partition coefficient (Wildman–Crippen LogP) is 1.24. The molecule has 0 unspecified atom stereocenters. The van der Waals surface area contributed by atoms with Crippen LogP contribution >= 0.6 is 12.2 Å². The number of pyridine rings is 1. The van der Waals surface area contributed by atoms with Crippen molar-refractivity contribution >= 4 is 17.3 Å². The zero-order valence-corrected chi connectivity index (χ0v) is 8.56. The van der Waals surface area contributed by atoms with E-state index in [0.717, 1.165) is 0 Å². The number of nitrogens with zero attached hydrogens (tertiary/aromatic N) is 1. The molecule has 70 valence electrons. The summed E-state index contributed by atoms with van der Waals surface area (Å²) in [6.07, 6.45) is 3.55. The second kappa shape index (κ2) is 4.77. The fourth-order valence-electron chi connectivity index (χ4n) is 1.00. The van der Waals surface area contributed by atoms with Gasteiger partial charge in [-0.1, -0.05) is 0 Å². The summed E-state index contributed by atoms with van der Waals surface area (Å²) in [5.74, 6) is 0. The van der Waals surface area contributed by atoms with Crippen LogP contribution in [0.2, 0.25) is 0 Å². The van der Waals surface area contributed by atoms with Crippen molar-refractivity contribution in [3.63, 3.8) is 0 Å². The van der Waals surface area contributed by atoms with Gasteiger partial charge in [-0.05, 0) is 36.8 Å². The van der Waals surface area contributed by atoms with E-state index < -0.39 is 0 Å². The van der Waals surface area contributed by atoms with Gasteiger partial charge in [-0.15, -0.1) is 0 Å². The summed E-state index contributed by atoms with van der Waals surface area (Å²) in [7, 11) is 1.80. The quantitative estimate of drug-likeness (QED) is 0.696. The van der Waals surface area contributed by atoms with Crippen molar-refractivity contribution in [1.29, 1.82) is 0 Å². The summed E-state index contributed by atoms with van der Waals surface area (Å²) in [6, 6.07) is 4.15. The van der Waals surface area contributed by atoms with Gasteiger partial charge in [0, 0.05) is 19.4 Å². The smallest absolute Gasteiger partial charge is 0.166 e. The minimum Gasteiger partial charge on any atom is -0.366 e. The largest absolute Gasteiger partial charge is 0.366 e. The van der Waals surface area contributed by atoms with Crippen LogP contribution in [-0.4, -0.2) is 17.1 Å². The maximum atomic E-state index is 4.99. The Balaban J connectivity index is 2.59. The molecule has 1 heterocycles. The molecule has 0 aliphatic heterocycles. The van der Waals surface area contributed by atoms with E-state index in [0.29, 0.717) is 5.11 Å². The van der Waals surface area contributed by atoms with Gasteiger partial charge < -0.3 is 10.6 Å². The fourth-order valence-corrected chi connectivity index (χ4v) is 1.18. The molecule has 4 heteroatoms. The maximum Gasteiger partial charge on any atom is 0.166 e.